The summed E-state index contributed by atoms with van der Waals surface area (Å²) in [6.45, 7) is 6.21. The van der Waals surface area contributed by atoms with Crippen molar-refractivity contribution in [3.05, 3.63) is 75.7 Å². The standard InChI is InChI=1S/C21H19N3S/c1-14-4-7-18(8-5-14)23-12-17(11-22)21-24-20(13-25-21)19-9-6-15(2)10-16(19)3/h4-10,12-13,23H,1-3H3. The van der Waals surface area contributed by atoms with E-state index in [1.807, 2.05) is 36.6 Å². The molecule has 0 saturated heterocycles. The lowest BCUT2D eigenvalue weighted by atomic mass is 10.0. The molecule has 124 valence electrons. The first-order valence-corrected chi connectivity index (χ1v) is 8.92. The highest BCUT2D eigenvalue weighted by molar-refractivity contribution is 7.11. The van der Waals surface area contributed by atoms with Gasteiger partial charge in [-0.2, -0.15) is 5.26 Å². The Hall–Kier alpha value is -2.90. The van der Waals surface area contributed by atoms with Crippen LogP contribution < -0.4 is 5.32 Å². The molecule has 0 atom stereocenters. The molecule has 0 unspecified atom stereocenters. The molecule has 0 aliphatic heterocycles. The van der Waals surface area contributed by atoms with Crippen molar-refractivity contribution in [1.82, 2.24) is 4.98 Å². The first-order valence-electron chi connectivity index (χ1n) is 8.04. The third-order valence-electron chi connectivity index (χ3n) is 3.95. The van der Waals surface area contributed by atoms with Gasteiger partial charge in [0.25, 0.3) is 0 Å². The lowest BCUT2D eigenvalue weighted by Crippen LogP contribution is -1.91. The normalized spacial score (nSPS) is 11.2. The molecule has 2 aromatic carbocycles. The highest BCUT2D eigenvalue weighted by Gasteiger charge is 2.10. The van der Waals surface area contributed by atoms with Crippen molar-refractivity contribution in [1.29, 1.82) is 5.26 Å². The van der Waals surface area contributed by atoms with Gasteiger partial charge in [0.1, 0.15) is 16.6 Å². The minimum atomic E-state index is 0.529. The summed E-state index contributed by atoms with van der Waals surface area (Å²) in [5.74, 6) is 0. The van der Waals surface area contributed by atoms with E-state index in [-0.39, 0.29) is 0 Å². The van der Waals surface area contributed by atoms with Gasteiger partial charge in [0.15, 0.2) is 0 Å². The average Bonchev–Trinajstić information content (AvgIpc) is 3.06. The molecule has 0 spiro atoms. The lowest BCUT2D eigenvalue weighted by molar-refractivity contribution is 1.32. The lowest BCUT2D eigenvalue weighted by Gasteiger charge is -2.03. The second kappa shape index (κ2) is 7.33. The summed E-state index contributed by atoms with van der Waals surface area (Å²) in [5.41, 5.74) is 7.12. The van der Waals surface area contributed by atoms with E-state index in [0.29, 0.717) is 5.57 Å². The summed E-state index contributed by atoms with van der Waals surface area (Å²) < 4.78 is 0. The molecule has 3 rings (SSSR count). The molecule has 25 heavy (non-hydrogen) atoms. The molecule has 1 heterocycles. The highest BCUT2D eigenvalue weighted by atomic mass is 32.1. The SMILES string of the molecule is Cc1ccc(NC=C(C#N)c2nc(-c3ccc(C)cc3C)cs2)cc1. The monoisotopic (exact) mass is 345 g/mol. The Balaban J connectivity index is 1.85. The fraction of sp³-hybridized carbons (Fsp3) is 0.143. The summed E-state index contributed by atoms with van der Waals surface area (Å²) in [4.78, 5) is 4.66. The van der Waals surface area contributed by atoms with Crippen LogP contribution in [0.5, 0.6) is 0 Å². The van der Waals surface area contributed by atoms with Crippen molar-refractivity contribution in [2.24, 2.45) is 0 Å². The van der Waals surface area contributed by atoms with Gasteiger partial charge in [-0.3, -0.25) is 0 Å². The third kappa shape index (κ3) is 3.96. The van der Waals surface area contributed by atoms with Crippen molar-refractivity contribution in [3.8, 4) is 17.3 Å². The van der Waals surface area contributed by atoms with Gasteiger partial charge in [0.05, 0.1) is 5.69 Å². The van der Waals surface area contributed by atoms with Gasteiger partial charge in [0, 0.05) is 22.8 Å². The van der Waals surface area contributed by atoms with E-state index >= 15 is 0 Å². The van der Waals surface area contributed by atoms with Crippen LogP contribution in [0.4, 0.5) is 5.69 Å². The zero-order chi connectivity index (χ0) is 17.8. The van der Waals surface area contributed by atoms with E-state index in [1.165, 1.54) is 28.0 Å². The summed E-state index contributed by atoms with van der Waals surface area (Å²) in [7, 11) is 0. The van der Waals surface area contributed by atoms with Crippen LogP contribution in [0.2, 0.25) is 0 Å². The second-order valence-corrected chi connectivity index (χ2v) is 6.89. The van der Waals surface area contributed by atoms with Crippen LogP contribution in [0.3, 0.4) is 0 Å². The third-order valence-corrected chi connectivity index (χ3v) is 4.82. The Kier molecular flexibility index (Phi) is 4.97. The van der Waals surface area contributed by atoms with Crippen LogP contribution in [0, 0.1) is 32.1 Å². The Morgan fingerprint density at radius 1 is 1.08 bits per heavy atom. The fourth-order valence-electron chi connectivity index (χ4n) is 2.57. The maximum Gasteiger partial charge on any atom is 0.136 e. The van der Waals surface area contributed by atoms with Gasteiger partial charge >= 0.3 is 0 Å². The van der Waals surface area contributed by atoms with Crippen molar-refractivity contribution in [2.75, 3.05) is 5.32 Å². The average molecular weight is 345 g/mol. The van der Waals surface area contributed by atoms with Gasteiger partial charge < -0.3 is 5.32 Å². The molecule has 0 radical (unpaired) electrons. The molecular formula is C21H19N3S. The van der Waals surface area contributed by atoms with Crippen LogP contribution >= 0.6 is 11.3 Å². The zero-order valence-electron chi connectivity index (χ0n) is 14.5. The number of nitrogens with one attached hydrogen (secondary N) is 1. The largest absolute Gasteiger partial charge is 0.360 e. The number of rotatable bonds is 4. The molecule has 0 amide bonds. The molecule has 4 heteroatoms. The smallest absolute Gasteiger partial charge is 0.136 e. The number of thiazole rings is 1. The van der Waals surface area contributed by atoms with Crippen LogP contribution in [0.25, 0.3) is 16.8 Å². The Labute approximate surface area is 152 Å². The molecule has 0 fully saturated rings. The highest BCUT2D eigenvalue weighted by Crippen LogP contribution is 2.28. The molecule has 0 aliphatic carbocycles. The van der Waals surface area contributed by atoms with E-state index in [2.05, 4.69) is 48.4 Å². The van der Waals surface area contributed by atoms with Crippen LogP contribution in [0.15, 0.2) is 54.0 Å². The first-order chi connectivity index (χ1) is 12.1. The Bertz CT molecular complexity index is 960. The molecule has 0 aliphatic rings. The molecule has 1 aromatic heterocycles. The van der Waals surface area contributed by atoms with Crippen molar-refractivity contribution in [2.45, 2.75) is 20.8 Å². The van der Waals surface area contributed by atoms with Crippen molar-refractivity contribution < 1.29 is 0 Å². The van der Waals surface area contributed by atoms with Gasteiger partial charge in [-0.1, -0.05) is 41.5 Å². The number of aromatic nitrogens is 1. The summed E-state index contributed by atoms with van der Waals surface area (Å²) in [6.07, 6.45) is 1.72. The summed E-state index contributed by atoms with van der Waals surface area (Å²) in [6, 6.07) is 16.6. The maximum atomic E-state index is 9.48. The number of nitriles is 1. The molecule has 3 nitrogen and oxygen atoms in total. The number of anilines is 1. The predicted octanol–water partition coefficient (Wildman–Crippen LogP) is 5.71. The van der Waals surface area contributed by atoms with Crippen molar-refractivity contribution >= 4 is 22.6 Å². The molecular weight excluding hydrogens is 326 g/mol. The zero-order valence-corrected chi connectivity index (χ0v) is 15.3. The Morgan fingerprint density at radius 2 is 1.80 bits per heavy atom. The number of benzene rings is 2. The molecule has 1 N–H and O–H groups in total. The van der Waals surface area contributed by atoms with E-state index in [0.717, 1.165) is 22.0 Å². The topological polar surface area (TPSA) is 48.7 Å². The molecule has 0 saturated carbocycles. The van der Waals surface area contributed by atoms with Crippen LogP contribution in [-0.2, 0) is 0 Å². The summed E-state index contributed by atoms with van der Waals surface area (Å²) >= 11 is 1.49. The van der Waals surface area contributed by atoms with E-state index in [4.69, 9.17) is 0 Å². The van der Waals surface area contributed by atoms with E-state index in [9.17, 15) is 5.26 Å². The minimum absolute atomic E-state index is 0.529. The van der Waals surface area contributed by atoms with E-state index < -0.39 is 0 Å². The predicted molar refractivity (Wildman–Crippen MR) is 105 cm³/mol. The Morgan fingerprint density at radius 3 is 2.48 bits per heavy atom. The summed E-state index contributed by atoms with van der Waals surface area (Å²) in [5, 5.41) is 15.4. The molecule has 3 aromatic rings. The van der Waals surface area contributed by atoms with Crippen LogP contribution in [-0.4, -0.2) is 4.98 Å². The van der Waals surface area contributed by atoms with Gasteiger partial charge in [-0.05, 0) is 38.5 Å². The van der Waals surface area contributed by atoms with Gasteiger partial charge in [-0.15, -0.1) is 11.3 Å². The van der Waals surface area contributed by atoms with E-state index in [1.54, 1.807) is 6.20 Å². The van der Waals surface area contributed by atoms with Crippen molar-refractivity contribution in [3.63, 3.8) is 0 Å². The second-order valence-electron chi connectivity index (χ2n) is 6.04. The number of hydrogen-bond acceptors (Lipinski definition) is 4. The quantitative estimate of drug-likeness (QED) is 0.616. The molecule has 0 bridgehead atoms. The number of allylic oxidation sites excluding steroid dienone is 1. The van der Waals surface area contributed by atoms with Crippen LogP contribution in [0.1, 0.15) is 21.7 Å². The minimum Gasteiger partial charge on any atom is -0.360 e. The number of hydrogen-bond donors (Lipinski definition) is 1. The maximum absolute atomic E-state index is 9.48. The van der Waals surface area contributed by atoms with Gasteiger partial charge in [0.2, 0.25) is 0 Å². The number of nitrogens with zero attached hydrogens (tertiary/aromatic N) is 2. The first kappa shape index (κ1) is 16.9. The fourth-order valence-corrected chi connectivity index (χ4v) is 3.35. The number of aryl methyl sites for hydroxylation is 3. The van der Waals surface area contributed by atoms with Gasteiger partial charge in [-0.25, -0.2) is 4.98 Å².